The molecular formula is C20H29NO. The monoisotopic (exact) mass is 299 g/mol. The quantitative estimate of drug-likeness (QED) is 0.697. The van der Waals surface area contributed by atoms with Crippen molar-refractivity contribution in [2.24, 2.45) is 16.8 Å². The van der Waals surface area contributed by atoms with Crippen LogP contribution in [0.1, 0.15) is 59.3 Å². The van der Waals surface area contributed by atoms with Gasteiger partial charge in [0.25, 0.3) is 0 Å². The maximum absolute atomic E-state index is 11.4. The van der Waals surface area contributed by atoms with Gasteiger partial charge in [0.15, 0.2) is 0 Å². The van der Waals surface area contributed by atoms with Crippen molar-refractivity contribution in [1.29, 1.82) is 0 Å². The van der Waals surface area contributed by atoms with Crippen molar-refractivity contribution >= 4 is 11.5 Å². The molecule has 0 radical (unpaired) electrons. The van der Waals surface area contributed by atoms with Crippen LogP contribution in [-0.2, 0) is 4.79 Å². The lowest BCUT2D eigenvalue weighted by atomic mass is 9.78. The second-order valence-electron chi connectivity index (χ2n) is 6.85. The second-order valence-corrected chi connectivity index (χ2v) is 6.85. The van der Waals surface area contributed by atoms with Gasteiger partial charge in [-0.1, -0.05) is 24.3 Å². The third-order valence-electron chi connectivity index (χ3n) is 5.26. The van der Waals surface area contributed by atoms with Gasteiger partial charge in [-0.05, 0) is 76.4 Å². The number of hydrogen-bond donors (Lipinski definition) is 0. The first-order valence-electron chi connectivity index (χ1n) is 8.56. The Morgan fingerprint density at radius 3 is 2.55 bits per heavy atom. The Morgan fingerprint density at radius 1 is 1.27 bits per heavy atom. The van der Waals surface area contributed by atoms with Crippen molar-refractivity contribution in [2.45, 2.75) is 59.3 Å². The van der Waals surface area contributed by atoms with E-state index in [2.05, 4.69) is 31.5 Å². The highest BCUT2D eigenvalue weighted by Gasteiger charge is 2.24. The highest BCUT2D eigenvalue weighted by atomic mass is 16.1. The summed E-state index contributed by atoms with van der Waals surface area (Å²) in [6, 6.07) is 0. The molecule has 0 bridgehead atoms. The maximum Gasteiger partial charge on any atom is 0.132 e. The Labute approximate surface area is 135 Å². The molecule has 2 heteroatoms. The van der Waals surface area contributed by atoms with Crippen LogP contribution in [0.5, 0.6) is 0 Å². The molecule has 0 spiro atoms. The molecule has 0 aromatic carbocycles. The van der Waals surface area contributed by atoms with E-state index < -0.39 is 0 Å². The Kier molecular flexibility index (Phi) is 5.93. The molecule has 0 aromatic rings. The van der Waals surface area contributed by atoms with Gasteiger partial charge in [0.05, 0.1) is 6.54 Å². The molecular weight excluding hydrogens is 270 g/mol. The lowest BCUT2D eigenvalue weighted by Crippen LogP contribution is -2.19. The van der Waals surface area contributed by atoms with Crippen molar-refractivity contribution in [3.05, 3.63) is 35.5 Å². The molecule has 0 saturated heterocycles. The molecule has 1 fully saturated rings. The zero-order valence-corrected chi connectivity index (χ0v) is 14.3. The number of allylic oxidation sites excluding steroid dienone is 3. The Morgan fingerprint density at radius 2 is 1.95 bits per heavy atom. The molecule has 1 saturated carbocycles. The van der Waals surface area contributed by atoms with Crippen molar-refractivity contribution in [3.63, 3.8) is 0 Å². The third kappa shape index (κ3) is 4.06. The summed E-state index contributed by atoms with van der Waals surface area (Å²) in [4.78, 5) is 16.0. The molecule has 1 heterocycles. The van der Waals surface area contributed by atoms with Crippen LogP contribution in [0.4, 0.5) is 0 Å². The Bertz CT molecular complexity index is 528. The summed E-state index contributed by atoms with van der Waals surface area (Å²) in [6.45, 7) is 10.7. The van der Waals surface area contributed by atoms with Crippen molar-refractivity contribution in [2.75, 3.05) is 6.54 Å². The number of hydrogen-bond acceptors (Lipinski definition) is 2. The van der Waals surface area contributed by atoms with Crippen LogP contribution in [0.2, 0.25) is 0 Å². The van der Waals surface area contributed by atoms with Crippen LogP contribution in [0.25, 0.3) is 0 Å². The van der Waals surface area contributed by atoms with E-state index in [1.54, 1.807) is 6.92 Å². The molecule has 0 unspecified atom stereocenters. The third-order valence-corrected chi connectivity index (χ3v) is 5.26. The average Bonchev–Trinajstić information content (AvgIpc) is 2.86. The molecule has 120 valence electrons. The van der Waals surface area contributed by atoms with Gasteiger partial charge < -0.3 is 0 Å². The summed E-state index contributed by atoms with van der Waals surface area (Å²) in [5.74, 6) is 1.51. The van der Waals surface area contributed by atoms with E-state index in [4.69, 9.17) is 0 Å². The van der Waals surface area contributed by atoms with Crippen molar-refractivity contribution < 1.29 is 4.79 Å². The fourth-order valence-electron chi connectivity index (χ4n) is 3.86. The summed E-state index contributed by atoms with van der Waals surface area (Å²) in [6.07, 6.45) is 11.0. The van der Waals surface area contributed by atoms with Crippen LogP contribution in [0.3, 0.4) is 0 Å². The zero-order chi connectivity index (χ0) is 16.1. The van der Waals surface area contributed by atoms with Gasteiger partial charge in [-0.25, -0.2) is 0 Å². The van der Waals surface area contributed by atoms with E-state index in [0.717, 1.165) is 31.7 Å². The summed E-state index contributed by atoms with van der Waals surface area (Å²) >= 11 is 0. The standard InChI is InChI=1S/C20H29NO/c1-5-6-19-13-21-15(3)20(19)14(2)7-8-17-9-11-18(12-10-17)16(4)22/h5-6,17-18H,1,7-13H2,2-4H3. The summed E-state index contributed by atoms with van der Waals surface area (Å²) in [5.41, 5.74) is 5.30. The second kappa shape index (κ2) is 7.71. The van der Waals surface area contributed by atoms with Crippen LogP contribution >= 0.6 is 0 Å². The first-order valence-corrected chi connectivity index (χ1v) is 8.56. The minimum absolute atomic E-state index is 0.335. The molecule has 22 heavy (non-hydrogen) atoms. The highest BCUT2D eigenvalue weighted by molar-refractivity contribution is 6.05. The minimum Gasteiger partial charge on any atom is -0.300 e. The fraction of sp³-hybridized carbons (Fsp3) is 0.600. The van der Waals surface area contributed by atoms with E-state index >= 15 is 0 Å². The van der Waals surface area contributed by atoms with Gasteiger partial charge in [0.2, 0.25) is 0 Å². The molecule has 1 aliphatic heterocycles. The fourth-order valence-corrected chi connectivity index (χ4v) is 3.86. The molecule has 1 aliphatic carbocycles. The van der Waals surface area contributed by atoms with E-state index in [-0.39, 0.29) is 0 Å². The van der Waals surface area contributed by atoms with Gasteiger partial charge in [-0.2, -0.15) is 0 Å². The molecule has 0 N–H and O–H groups in total. The van der Waals surface area contributed by atoms with Gasteiger partial charge in [-0.3, -0.25) is 9.79 Å². The first kappa shape index (κ1) is 16.9. The number of ketones is 1. The summed E-state index contributed by atoms with van der Waals surface area (Å²) in [7, 11) is 0. The summed E-state index contributed by atoms with van der Waals surface area (Å²) < 4.78 is 0. The molecule has 0 atom stereocenters. The lowest BCUT2D eigenvalue weighted by Gasteiger charge is -2.27. The van der Waals surface area contributed by atoms with Crippen molar-refractivity contribution in [3.8, 4) is 0 Å². The number of carbonyl (C=O) groups excluding carboxylic acids is 1. The molecule has 2 rings (SSSR count). The van der Waals surface area contributed by atoms with Crippen molar-refractivity contribution in [1.82, 2.24) is 0 Å². The Balaban J connectivity index is 1.92. The number of carbonyl (C=O) groups is 1. The molecule has 0 amide bonds. The zero-order valence-electron chi connectivity index (χ0n) is 14.3. The van der Waals surface area contributed by atoms with Crippen LogP contribution in [-0.4, -0.2) is 18.0 Å². The highest BCUT2D eigenvalue weighted by Crippen LogP contribution is 2.34. The normalized spacial score (nSPS) is 29.4. The predicted molar refractivity (Wildman–Crippen MR) is 94.3 cm³/mol. The summed E-state index contributed by atoms with van der Waals surface area (Å²) in [5, 5.41) is 0. The molecule has 0 aromatic heterocycles. The average molecular weight is 299 g/mol. The largest absolute Gasteiger partial charge is 0.300 e. The number of aliphatic imine (C=N–C) groups is 1. The topological polar surface area (TPSA) is 29.4 Å². The minimum atomic E-state index is 0.335. The maximum atomic E-state index is 11.4. The van der Waals surface area contributed by atoms with E-state index in [0.29, 0.717) is 11.7 Å². The van der Waals surface area contributed by atoms with Crippen LogP contribution < -0.4 is 0 Å². The van der Waals surface area contributed by atoms with Gasteiger partial charge in [0, 0.05) is 11.6 Å². The Hall–Kier alpha value is -1.44. The number of nitrogens with zero attached hydrogens (tertiary/aromatic N) is 1. The lowest BCUT2D eigenvalue weighted by molar-refractivity contribution is -0.121. The molecule has 2 aliphatic rings. The smallest absolute Gasteiger partial charge is 0.132 e. The molecule has 2 nitrogen and oxygen atoms in total. The van der Waals surface area contributed by atoms with E-state index in [9.17, 15) is 4.79 Å². The van der Waals surface area contributed by atoms with Gasteiger partial charge in [-0.15, -0.1) is 0 Å². The predicted octanol–water partition coefficient (Wildman–Crippen LogP) is 5.07. The van der Waals surface area contributed by atoms with E-state index in [1.807, 2.05) is 6.08 Å². The number of rotatable bonds is 5. The SMILES string of the molecule is C=CC=C1CN=C(C)C1=C(C)CCC1CCC(C(C)=O)CC1. The van der Waals surface area contributed by atoms with E-state index in [1.165, 1.54) is 41.7 Å². The first-order chi connectivity index (χ1) is 10.5. The van der Waals surface area contributed by atoms with Crippen LogP contribution in [0, 0.1) is 11.8 Å². The number of Topliss-reactive ketones (excluding diaryl/α,β-unsaturated/α-hetero) is 1. The van der Waals surface area contributed by atoms with Gasteiger partial charge >= 0.3 is 0 Å². The van der Waals surface area contributed by atoms with Crippen LogP contribution in [0.15, 0.2) is 40.4 Å². The van der Waals surface area contributed by atoms with Gasteiger partial charge in [0.1, 0.15) is 5.78 Å².